The van der Waals surface area contributed by atoms with Crippen LogP contribution in [0.5, 0.6) is 0 Å². The Kier molecular flexibility index (Phi) is 5.38. The average Bonchev–Trinajstić information content (AvgIpc) is 2.37. The van der Waals surface area contributed by atoms with E-state index in [4.69, 9.17) is 16.3 Å². The molecule has 106 valence electrons. The average molecular weight is 273 g/mol. The van der Waals surface area contributed by atoms with E-state index in [0.717, 1.165) is 12.5 Å². The van der Waals surface area contributed by atoms with E-state index in [1.807, 2.05) is 0 Å². The summed E-state index contributed by atoms with van der Waals surface area (Å²) in [6, 6.07) is 0. The van der Waals surface area contributed by atoms with Gasteiger partial charge in [-0.2, -0.15) is 0 Å². The van der Waals surface area contributed by atoms with E-state index in [1.165, 1.54) is 57.8 Å². The maximum Gasteiger partial charge on any atom is 0.0685 e. The first-order valence-electron chi connectivity index (χ1n) is 7.89. The highest BCUT2D eigenvalue weighted by Crippen LogP contribution is 2.42. The highest BCUT2D eigenvalue weighted by Gasteiger charge is 2.38. The Morgan fingerprint density at radius 1 is 1.22 bits per heavy atom. The third-order valence-electron chi connectivity index (χ3n) is 4.93. The van der Waals surface area contributed by atoms with Gasteiger partial charge in [0, 0.05) is 12.0 Å². The molecule has 0 aromatic rings. The van der Waals surface area contributed by atoms with Crippen LogP contribution in [-0.2, 0) is 4.74 Å². The van der Waals surface area contributed by atoms with Crippen molar-refractivity contribution in [1.82, 2.24) is 0 Å². The minimum Gasteiger partial charge on any atom is -0.375 e. The summed E-state index contributed by atoms with van der Waals surface area (Å²) >= 11 is 6.38. The van der Waals surface area contributed by atoms with Crippen molar-refractivity contribution in [3.8, 4) is 0 Å². The second-order valence-electron chi connectivity index (χ2n) is 6.79. The van der Waals surface area contributed by atoms with Crippen molar-refractivity contribution >= 4 is 11.6 Å². The summed E-state index contributed by atoms with van der Waals surface area (Å²) in [4.78, 5) is 0. The lowest BCUT2D eigenvalue weighted by molar-refractivity contribution is -0.118. The summed E-state index contributed by atoms with van der Waals surface area (Å²) in [5, 5.41) is 0.357. The molecule has 18 heavy (non-hydrogen) atoms. The number of ether oxygens (including phenoxy) is 1. The topological polar surface area (TPSA) is 9.23 Å². The zero-order chi connectivity index (χ0) is 13.0. The largest absolute Gasteiger partial charge is 0.375 e. The molecule has 0 aromatic carbocycles. The predicted molar refractivity (Wildman–Crippen MR) is 78.2 cm³/mol. The highest BCUT2D eigenvalue weighted by atomic mass is 35.5. The Hall–Kier alpha value is 0.250. The van der Waals surface area contributed by atoms with Crippen LogP contribution in [0.3, 0.4) is 0 Å². The Balaban J connectivity index is 1.79. The molecule has 0 bridgehead atoms. The molecule has 0 radical (unpaired) electrons. The van der Waals surface area contributed by atoms with Crippen molar-refractivity contribution in [1.29, 1.82) is 0 Å². The first kappa shape index (κ1) is 14.7. The first-order chi connectivity index (χ1) is 8.61. The van der Waals surface area contributed by atoms with E-state index >= 15 is 0 Å². The maximum atomic E-state index is 6.38. The number of halogens is 1. The van der Waals surface area contributed by atoms with E-state index in [1.54, 1.807) is 0 Å². The van der Waals surface area contributed by atoms with Crippen LogP contribution in [-0.4, -0.2) is 17.6 Å². The van der Waals surface area contributed by atoms with Gasteiger partial charge in [0.05, 0.1) is 5.60 Å². The minimum atomic E-state index is 0.265. The Bertz CT molecular complexity index is 240. The SMILES string of the molecule is CC(C)C(Cl)CCC1CCOC2(CCCCC2)C1. The molecular formula is C16H29ClO. The van der Waals surface area contributed by atoms with E-state index in [0.29, 0.717) is 11.3 Å². The van der Waals surface area contributed by atoms with Crippen LogP contribution in [0.15, 0.2) is 0 Å². The quantitative estimate of drug-likeness (QED) is 0.643. The lowest BCUT2D eigenvalue weighted by Crippen LogP contribution is -2.41. The molecule has 1 saturated carbocycles. The third kappa shape index (κ3) is 3.87. The smallest absolute Gasteiger partial charge is 0.0685 e. The van der Waals surface area contributed by atoms with E-state index < -0.39 is 0 Å². The zero-order valence-corrected chi connectivity index (χ0v) is 12.8. The zero-order valence-electron chi connectivity index (χ0n) is 12.1. The van der Waals surface area contributed by atoms with Crippen LogP contribution in [0.4, 0.5) is 0 Å². The predicted octanol–water partition coefficient (Wildman–Crippen LogP) is 5.16. The molecule has 0 aromatic heterocycles. The van der Waals surface area contributed by atoms with Crippen LogP contribution in [0.2, 0.25) is 0 Å². The van der Waals surface area contributed by atoms with Gasteiger partial charge >= 0.3 is 0 Å². The standard InChI is InChI=1S/C16H29ClO/c1-13(2)15(17)7-6-14-8-11-18-16(12-14)9-4-3-5-10-16/h13-15H,3-12H2,1-2H3. The number of hydrogen-bond acceptors (Lipinski definition) is 1. The van der Waals surface area contributed by atoms with Gasteiger partial charge in [-0.25, -0.2) is 0 Å². The van der Waals surface area contributed by atoms with E-state index in [2.05, 4.69) is 13.8 Å². The van der Waals surface area contributed by atoms with Gasteiger partial charge in [-0.15, -0.1) is 11.6 Å². The fraction of sp³-hybridized carbons (Fsp3) is 1.00. The van der Waals surface area contributed by atoms with Gasteiger partial charge in [-0.05, 0) is 50.4 Å². The number of hydrogen-bond donors (Lipinski definition) is 0. The lowest BCUT2D eigenvalue weighted by atomic mass is 9.75. The molecule has 0 amide bonds. The molecule has 1 spiro atoms. The van der Waals surface area contributed by atoms with Crippen molar-refractivity contribution in [3.63, 3.8) is 0 Å². The van der Waals surface area contributed by atoms with Gasteiger partial charge in [0.25, 0.3) is 0 Å². The normalized spacial score (nSPS) is 29.7. The maximum absolute atomic E-state index is 6.38. The van der Waals surface area contributed by atoms with Crippen LogP contribution >= 0.6 is 11.6 Å². The molecule has 2 fully saturated rings. The van der Waals surface area contributed by atoms with Crippen LogP contribution in [0.25, 0.3) is 0 Å². The fourth-order valence-corrected chi connectivity index (χ4v) is 3.77. The molecule has 0 N–H and O–H groups in total. The van der Waals surface area contributed by atoms with Crippen LogP contribution in [0, 0.1) is 11.8 Å². The molecule has 1 nitrogen and oxygen atoms in total. The summed E-state index contributed by atoms with van der Waals surface area (Å²) in [5.41, 5.74) is 0.265. The van der Waals surface area contributed by atoms with Crippen molar-refractivity contribution in [2.24, 2.45) is 11.8 Å². The van der Waals surface area contributed by atoms with E-state index in [9.17, 15) is 0 Å². The molecule has 2 unspecified atom stereocenters. The summed E-state index contributed by atoms with van der Waals surface area (Å²) in [5.74, 6) is 1.46. The van der Waals surface area contributed by atoms with Crippen LogP contribution in [0.1, 0.15) is 71.6 Å². The minimum absolute atomic E-state index is 0.265. The summed E-state index contributed by atoms with van der Waals surface area (Å²) in [6.07, 6.45) is 11.8. The molecule has 2 rings (SSSR count). The Morgan fingerprint density at radius 2 is 1.94 bits per heavy atom. The molecule has 2 atom stereocenters. The summed E-state index contributed by atoms with van der Waals surface area (Å²) in [7, 11) is 0. The van der Waals surface area contributed by atoms with Gasteiger partial charge in [-0.3, -0.25) is 0 Å². The molecule has 1 heterocycles. The van der Waals surface area contributed by atoms with Gasteiger partial charge in [0.15, 0.2) is 0 Å². The number of rotatable bonds is 4. The number of alkyl halides is 1. The molecule has 1 saturated heterocycles. The molecule has 1 aliphatic carbocycles. The fourth-order valence-electron chi connectivity index (χ4n) is 3.65. The van der Waals surface area contributed by atoms with Crippen molar-refractivity contribution in [2.45, 2.75) is 82.6 Å². The van der Waals surface area contributed by atoms with Crippen molar-refractivity contribution in [2.75, 3.05) is 6.61 Å². The summed E-state index contributed by atoms with van der Waals surface area (Å²) in [6.45, 7) is 5.44. The second-order valence-corrected chi connectivity index (χ2v) is 7.35. The van der Waals surface area contributed by atoms with Gasteiger partial charge in [-0.1, -0.05) is 33.1 Å². The molecule has 1 aliphatic heterocycles. The molecular weight excluding hydrogens is 244 g/mol. The van der Waals surface area contributed by atoms with Crippen molar-refractivity contribution < 1.29 is 4.74 Å². The van der Waals surface area contributed by atoms with Gasteiger partial charge in [0.1, 0.15) is 0 Å². The summed E-state index contributed by atoms with van der Waals surface area (Å²) < 4.78 is 6.16. The molecule has 2 heteroatoms. The second kappa shape index (κ2) is 6.61. The first-order valence-corrected chi connectivity index (χ1v) is 8.33. The van der Waals surface area contributed by atoms with Gasteiger partial charge < -0.3 is 4.74 Å². The lowest BCUT2D eigenvalue weighted by Gasteiger charge is -2.43. The molecule has 2 aliphatic rings. The van der Waals surface area contributed by atoms with Gasteiger partial charge in [0.2, 0.25) is 0 Å². The monoisotopic (exact) mass is 272 g/mol. The third-order valence-corrected chi connectivity index (χ3v) is 5.66. The van der Waals surface area contributed by atoms with Crippen molar-refractivity contribution in [3.05, 3.63) is 0 Å². The Morgan fingerprint density at radius 3 is 2.61 bits per heavy atom. The van der Waals surface area contributed by atoms with Crippen LogP contribution < -0.4 is 0 Å². The highest BCUT2D eigenvalue weighted by molar-refractivity contribution is 6.20. The Labute approximate surface area is 118 Å². The van der Waals surface area contributed by atoms with E-state index in [-0.39, 0.29) is 5.60 Å².